The van der Waals surface area contributed by atoms with Crippen LogP contribution in [0.15, 0.2) is 12.3 Å². The summed E-state index contributed by atoms with van der Waals surface area (Å²) in [7, 11) is 1.60. The van der Waals surface area contributed by atoms with Crippen LogP contribution >= 0.6 is 0 Å². The van der Waals surface area contributed by atoms with Crippen molar-refractivity contribution in [2.45, 2.75) is 6.42 Å². The molecule has 0 saturated carbocycles. The highest BCUT2D eigenvalue weighted by Gasteiger charge is 2.05. The molecule has 0 unspecified atom stereocenters. The number of hydrogen-bond acceptors (Lipinski definition) is 5. The summed E-state index contributed by atoms with van der Waals surface area (Å²) >= 11 is 0. The van der Waals surface area contributed by atoms with Gasteiger partial charge in [0.15, 0.2) is 5.69 Å². The third-order valence-corrected chi connectivity index (χ3v) is 1.83. The van der Waals surface area contributed by atoms with Gasteiger partial charge in [-0.3, -0.25) is 0 Å². The van der Waals surface area contributed by atoms with Crippen LogP contribution in [-0.2, 0) is 15.9 Å². The van der Waals surface area contributed by atoms with Gasteiger partial charge in [0.2, 0.25) is 0 Å². The van der Waals surface area contributed by atoms with E-state index in [0.29, 0.717) is 32.1 Å². The summed E-state index contributed by atoms with van der Waals surface area (Å²) in [5, 5.41) is 8.71. The maximum Gasteiger partial charge on any atom is 0.354 e. The largest absolute Gasteiger partial charge is 0.477 e. The molecule has 1 aromatic heterocycles. The molecule has 0 spiro atoms. The van der Waals surface area contributed by atoms with Crippen LogP contribution in [0.1, 0.15) is 16.3 Å². The molecule has 6 heteroatoms. The van der Waals surface area contributed by atoms with E-state index in [4.69, 9.17) is 14.6 Å². The number of ether oxygens (including phenoxy) is 2. The summed E-state index contributed by atoms with van der Waals surface area (Å²) in [6.07, 6.45) is 1.92. The quantitative estimate of drug-likeness (QED) is 0.677. The minimum Gasteiger partial charge on any atom is -0.477 e. The SMILES string of the molecule is COCCOCCc1nccc(C(=O)O)n1. The van der Waals surface area contributed by atoms with E-state index in [-0.39, 0.29) is 5.69 Å². The van der Waals surface area contributed by atoms with Crippen molar-refractivity contribution in [1.29, 1.82) is 0 Å². The van der Waals surface area contributed by atoms with Gasteiger partial charge in [-0.05, 0) is 6.07 Å². The zero-order valence-corrected chi connectivity index (χ0v) is 9.05. The molecule has 1 rings (SSSR count). The Morgan fingerprint density at radius 2 is 2.25 bits per heavy atom. The maximum absolute atomic E-state index is 10.6. The lowest BCUT2D eigenvalue weighted by Gasteiger charge is -2.03. The minimum absolute atomic E-state index is 0.00175. The zero-order valence-electron chi connectivity index (χ0n) is 9.05. The van der Waals surface area contributed by atoms with Crippen molar-refractivity contribution in [2.24, 2.45) is 0 Å². The molecule has 1 N–H and O–H groups in total. The molecule has 6 nitrogen and oxygen atoms in total. The van der Waals surface area contributed by atoms with Crippen molar-refractivity contribution in [2.75, 3.05) is 26.9 Å². The highest BCUT2D eigenvalue weighted by Crippen LogP contribution is 1.97. The molecule has 0 aromatic carbocycles. The van der Waals surface area contributed by atoms with Crippen molar-refractivity contribution in [3.05, 3.63) is 23.8 Å². The first kappa shape index (κ1) is 12.5. The third kappa shape index (κ3) is 4.33. The van der Waals surface area contributed by atoms with Crippen LogP contribution in [0.25, 0.3) is 0 Å². The molecular weight excluding hydrogens is 212 g/mol. The van der Waals surface area contributed by atoms with Crippen LogP contribution in [-0.4, -0.2) is 48.0 Å². The van der Waals surface area contributed by atoms with Crippen LogP contribution < -0.4 is 0 Å². The van der Waals surface area contributed by atoms with Gasteiger partial charge in [0.05, 0.1) is 19.8 Å². The Kier molecular flexibility index (Phi) is 5.38. The molecule has 0 aliphatic heterocycles. The number of carboxylic acid groups (broad SMARTS) is 1. The number of aromatic carboxylic acids is 1. The van der Waals surface area contributed by atoms with E-state index >= 15 is 0 Å². The lowest BCUT2D eigenvalue weighted by atomic mass is 10.3. The van der Waals surface area contributed by atoms with Crippen molar-refractivity contribution < 1.29 is 19.4 Å². The standard InChI is InChI=1S/C10H14N2O4/c1-15-6-7-16-5-3-9-11-4-2-8(12-9)10(13)14/h2,4H,3,5-7H2,1H3,(H,13,14). The normalized spacial score (nSPS) is 10.3. The van der Waals surface area contributed by atoms with Crippen LogP contribution in [0.2, 0.25) is 0 Å². The zero-order chi connectivity index (χ0) is 11.8. The first-order chi connectivity index (χ1) is 7.74. The van der Waals surface area contributed by atoms with E-state index in [0.717, 1.165) is 0 Å². The predicted molar refractivity (Wildman–Crippen MR) is 55.4 cm³/mol. The van der Waals surface area contributed by atoms with Gasteiger partial charge in [-0.2, -0.15) is 0 Å². The molecule has 0 saturated heterocycles. The second kappa shape index (κ2) is 6.86. The van der Waals surface area contributed by atoms with Gasteiger partial charge in [-0.1, -0.05) is 0 Å². The van der Waals surface area contributed by atoms with Crippen molar-refractivity contribution in [1.82, 2.24) is 9.97 Å². The average molecular weight is 226 g/mol. The number of carboxylic acids is 1. The fraction of sp³-hybridized carbons (Fsp3) is 0.500. The number of nitrogens with zero attached hydrogens (tertiary/aromatic N) is 2. The van der Waals surface area contributed by atoms with Gasteiger partial charge in [0.25, 0.3) is 0 Å². The molecule has 1 aromatic rings. The molecule has 16 heavy (non-hydrogen) atoms. The summed E-state index contributed by atoms with van der Waals surface area (Å²) in [5.74, 6) is -0.582. The van der Waals surface area contributed by atoms with E-state index < -0.39 is 5.97 Å². The monoisotopic (exact) mass is 226 g/mol. The second-order valence-corrected chi connectivity index (χ2v) is 3.02. The Morgan fingerprint density at radius 1 is 1.44 bits per heavy atom. The first-order valence-corrected chi connectivity index (χ1v) is 4.86. The number of carbonyl (C=O) groups is 1. The van der Waals surface area contributed by atoms with Gasteiger partial charge < -0.3 is 14.6 Å². The predicted octanol–water partition coefficient (Wildman–Crippen LogP) is 0.380. The second-order valence-electron chi connectivity index (χ2n) is 3.02. The molecule has 0 bridgehead atoms. The Bertz CT molecular complexity index is 343. The van der Waals surface area contributed by atoms with Gasteiger partial charge in [0, 0.05) is 19.7 Å². The molecule has 1 heterocycles. The minimum atomic E-state index is -1.05. The van der Waals surface area contributed by atoms with E-state index in [9.17, 15) is 4.79 Å². The summed E-state index contributed by atoms with van der Waals surface area (Å²) < 4.78 is 10.0. The maximum atomic E-state index is 10.6. The van der Waals surface area contributed by atoms with Gasteiger partial charge in [0.1, 0.15) is 5.82 Å². The molecule has 0 amide bonds. The molecule has 0 aliphatic carbocycles. The lowest BCUT2D eigenvalue weighted by Crippen LogP contribution is -2.09. The topological polar surface area (TPSA) is 81.5 Å². The van der Waals surface area contributed by atoms with E-state index in [1.807, 2.05) is 0 Å². The number of methoxy groups -OCH3 is 1. The van der Waals surface area contributed by atoms with Crippen LogP contribution in [0.3, 0.4) is 0 Å². The summed E-state index contributed by atoms with van der Waals surface area (Å²) in [6.45, 7) is 1.50. The Labute approximate surface area is 93.2 Å². The van der Waals surface area contributed by atoms with Crippen LogP contribution in [0.4, 0.5) is 0 Å². The van der Waals surface area contributed by atoms with Crippen molar-refractivity contribution in [3.63, 3.8) is 0 Å². The molecule has 0 radical (unpaired) electrons. The lowest BCUT2D eigenvalue weighted by molar-refractivity contribution is 0.0684. The summed E-state index contributed by atoms with van der Waals surface area (Å²) in [4.78, 5) is 18.5. The van der Waals surface area contributed by atoms with Gasteiger partial charge in [-0.25, -0.2) is 14.8 Å². The number of aromatic nitrogens is 2. The van der Waals surface area contributed by atoms with Gasteiger partial charge in [-0.15, -0.1) is 0 Å². The molecule has 88 valence electrons. The van der Waals surface area contributed by atoms with E-state index in [1.165, 1.54) is 12.3 Å². The average Bonchev–Trinajstić information content (AvgIpc) is 2.29. The third-order valence-electron chi connectivity index (χ3n) is 1.83. The molecule has 0 atom stereocenters. The first-order valence-electron chi connectivity index (χ1n) is 4.86. The van der Waals surface area contributed by atoms with Crippen LogP contribution in [0.5, 0.6) is 0 Å². The fourth-order valence-electron chi connectivity index (χ4n) is 1.05. The smallest absolute Gasteiger partial charge is 0.354 e. The Morgan fingerprint density at radius 3 is 2.94 bits per heavy atom. The van der Waals surface area contributed by atoms with E-state index in [2.05, 4.69) is 9.97 Å². The fourth-order valence-corrected chi connectivity index (χ4v) is 1.05. The van der Waals surface area contributed by atoms with Crippen molar-refractivity contribution in [3.8, 4) is 0 Å². The highest BCUT2D eigenvalue weighted by atomic mass is 16.5. The van der Waals surface area contributed by atoms with E-state index in [1.54, 1.807) is 7.11 Å². The molecular formula is C10H14N2O4. The van der Waals surface area contributed by atoms with Gasteiger partial charge >= 0.3 is 5.97 Å². The Balaban J connectivity index is 2.36. The molecule has 0 aliphatic rings. The van der Waals surface area contributed by atoms with Crippen molar-refractivity contribution >= 4 is 5.97 Å². The summed E-state index contributed by atoms with van der Waals surface area (Å²) in [5.41, 5.74) is 0.00175. The highest BCUT2D eigenvalue weighted by molar-refractivity contribution is 5.85. The number of rotatable bonds is 7. The molecule has 0 fully saturated rings. The van der Waals surface area contributed by atoms with Crippen LogP contribution in [0, 0.1) is 0 Å². The summed E-state index contributed by atoms with van der Waals surface area (Å²) in [6, 6.07) is 1.36. The Hall–Kier alpha value is -1.53. The number of hydrogen-bond donors (Lipinski definition) is 1.